The van der Waals surface area contributed by atoms with Crippen LogP contribution >= 0.6 is 0 Å². The first-order chi connectivity index (χ1) is 12.4. The van der Waals surface area contributed by atoms with Crippen LogP contribution in [0.25, 0.3) is 0 Å². The molecule has 0 amide bonds. The second-order valence-electron chi connectivity index (χ2n) is 6.41. The number of aromatic nitrogens is 2. The van der Waals surface area contributed by atoms with Gasteiger partial charge in [-0.2, -0.15) is 9.40 Å². The Morgan fingerprint density at radius 3 is 2.65 bits per heavy atom. The van der Waals surface area contributed by atoms with E-state index in [2.05, 4.69) is 10.2 Å². The van der Waals surface area contributed by atoms with Crippen LogP contribution in [0.15, 0.2) is 35.2 Å². The second-order valence-corrected chi connectivity index (χ2v) is 8.32. The fraction of sp³-hybridized carbons (Fsp3) is 0.444. The molecule has 0 saturated carbocycles. The number of ether oxygens (including phenoxy) is 2. The summed E-state index contributed by atoms with van der Waals surface area (Å²) in [4.78, 5) is 0.191. The number of methoxy groups -OCH3 is 1. The quantitative estimate of drug-likeness (QED) is 0.795. The average Bonchev–Trinajstić information content (AvgIpc) is 2.64. The summed E-state index contributed by atoms with van der Waals surface area (Å²) in [5.74, 6) is 0.760. The average molecular weight is 377 g/mol. The zero-order chi connectivity index (χ0) is 18.7. The molecule has 1 unspecified atom stereocenters. The minimum Gasteiger partial charge on any atom is -0.495 e. The van der Waals surface area contributed by atoms with Gasteiger partial charge < -0.3 is 9.47 Å². The number of hydrogen-bond donors (Lipinski definition) is 0. The Hall–Kier alpha value is -2.19. The third-order valence-corrected chi connectivity index (χ3v) is 6.22. The zero-order valence-electron chi connectivity index (χ0n) is 15.2. The number of benzene rings is 1. The van der Waals surface area contributed by atoms with E-state index in [1.54, 1.807) is 18.2 Å². The molecule has 1 atom stereocenters. The molecule has 26 heavy (non-hydrogen) atoms. The lowest BCUT2D eigenvalue weighted by atomic mass is 10.1. The first-order valence-electron chi connectivity index (χ1n) is 8.52. The van der Waals surface area contributed by atoms with Gasteiger partial charge in [0, 0.05) is 12.6 Å². The Morgan fingerprint density at radius 2 is 1.96 bits per heavy atom. The fourth-order valence-electron chi connectivity index (χ4n) is 2.96. The van der Waals surface area contributed by atoms with Crippen molar-refractivity contribution in [2.24, 2.45) is 0 Å². The molecule has 8 heteroatoms. The lowest BCUT2D eigenvalue weighted by molar-refractivity contribution is 0.123. The summed E-state index contributed by atoms with van der Waals surface area (Å²) in [5.41, 5.74) is 1.67. The molecule has 1 aliphatic rings. The zero-order valence-corrected chi connectivity index (χ0v) is 16.0. The molecule has 0 N–H and O–H groups in total. The molecule has 3 rings (SSSR count). The van der Waals surface area contributed by atoms with Crippen LogP contribution in [-0.2, 0) is 10.0 Å². The standard InChI is InChI=1S/C18H23N3O4S/c1-13-6-8-16(24-3)17(11-13)26(22,23)21-10-4-5-15(12-21)25-18-9-7-14(2)19-20-18/h6-9,11,15H,4-5,10,12H2,1-3H3. The van der Waals surface area contributed by atoms with Gasteiger partial charge >= 0.3 is 0 Å². The van der Waals surface area contributed by atoms with Crippen molar-refractivity contribution in [3.63, 3.8) is 0 Å². The van der Waals surface area contributed by atoms with Gasteiger partial charge in [-0.05, 0) is 50.5 Å². The highest BCUT2D eigenvalue weighted by Gasteiger charge is 2.33. The SMILES string of the molecule is COc1ccc(C)cc1S(=O)(=O)N1CCCC(Oc2ccc(C)nn2)C1. The highest BCUT2D eigenvalue weighted by Crippen LogP contribution is 2.30. The van der Waals surface area contributed by atoms with Gasteiger partial charge in [-0.1, -0.05) is 6.07 Å². The van der Waals surface area contributed by atoms with E-state index in [1.807, 2.05) is 26.0 Å². The molecule has 1 aromatic heterocycles. The van der Waals surface area contributed by atoms with E-state index in [9.17, 15) is 8.42 Å². The van der Waals surface area contributed by atoms with E-state index in [4.69, 9.17) is 9.47 Å². The van der Waals surface area contributed by atoms with Crippen molar-refractivity contribution in [2.75, 3.05) is 20.2 Å². The topological polar surface area (TPSA) is 81.6 Å². The normalized spacial score (nSPS) is 18.5. The molecule has 0 aliphatic carbocycles. The lowest BCUT2D eigenvalue weighted by Gasteiger charge is -2.32. The molecule has 1 fully saturated rings. The summed E-state index contributed by atoms with van der Waals surface area (Å²) >= 11 is 0. The Morgan fingerprint density at radius 1 is 1.15 bits per heavy atom. The van der Waals surface area contributed by atoms with Crippen molar-refractivity contribution >= 4 is 10.0 Å². The molecule has 140 valence electrons. The van der Waals surface area contributed by atoms with E-state index < -0.39 is 10.0 Å². The summed E-state index contributed by atoms with van der Waals surface area (Å²) in [6.45, 7) is 4.44. The number of sulfonamides is 1. The maximum Gasteiger partial charge on any atom is 0.246 e. The van der Waals surface area contributed by atoms with Crippen molar-refractivity contribution in [2.45, 2.75) is 37.7 Å². The van der Waals surface area contributed by atoms with Gasteiger partial charge in [-0.25, -0.2) is 8.42 Å². The Kier molecular flexibility index (Phi) is 5.43. The van der Waals surface area contributed by atoms with Gasteiger partial charge in [0.1, 0.15) is 16.7 Å². The fourth-order valence-corrected chi connectivity index (χ4v) is 4.72. The summed E-state index contributed by atoms with van der Waals surface area (Å²) in [6.07, 6.45) is 1.23. The van der Waals surface area contributed by atoms with Crippen molar-refractivity contribution < 1.29 is 17.9 Å². The van der Waals surface area contributed by atoms with E-state index in [1.165, 1.54) is 11.4 Å². The summed E-state index contributed by atoms with van der Waals surface area (Å²) in [5, 5.41) is 7.97. The van der Waals surface area contributed by atoms with E-state index in [-0.39, 0.29) is 17.5 Å². The molecule has 2 heterocycles. The van der Waals surface area contributed by atoms with Crippen molar-refractivity contribution in [1.82, 2.24) is 14.5 Å². The minimum atomic E-state index is -3.67. The molecule has 0 spiro atoms. The highest BCUT2D eigenvalue weighted by atomic mass is 32.2. The Bertz CT molecular complexity index is 869. The van der Waals surface area contributed by atoms with Gasteiger partial charge in [0.05, 0.1) is 19.3 Å². The number of hydrogen-bond acceptors (Lipinski definition) is 6. The molecule has 0 bridgehead atoms. The van der Waals surface area contributed by atoms with Gasteiger partial charge in [0.2, 0.25) is 15.9 Å². The van der Waals surface area contributed by atoms with Crippen LogP contribution < -0.4 is 9.47 Å². The number of rotatable bonds is 5. The van der Waals surface area contributed by atoms with Crippen LogP contribution in [0, 0.1) is 13.8 Å². The van der Waals surface area contributed by atoms with Gasteiger partial charge in [-0.15, -0.1) is 5.10 Å². The molecular formula is C18H23N3O4S. The molecule has 1 aliphatic heterocycles. The summed E-state index contributed by atoms with van der Waals surface area (Å²) in [6, 6.07) is 8.72. The van der Waals surface area contributed by atoms with Crippen molar-refractivity contribution in [3.05, 3.63) is 41.6 Å². The molecule has 2 aromatic rings. The molecule has 1 saturated heterocycles. The lowest BCUT2D eigenvalue weighted by Crippen LogP contribution is -2.44. The number of aryl methyl sites for hydroxylation is 2. The maximum absolute atomic E-state index is 13.1. The highest BCUT2D eigenvalue weighted by molar-refractivity contribution is 7.89. The Labute approximate surface area is 154 Å². The molecule has 0 radical (unpaired) electrons. The van der Waals surface area contributed by atoms with Crippen LogP contribution in [0.2, 0.25) is 0 Å². The van der Waals surface area contributed by atoms with Gasteiger partial charge in [0.25, 0.3) is 0 Å². The molecule has 1 aromatic carbocycles. The predicted octanol–water partition coefficient (Wildman–Crippen LogP) is 2.33. The first-order valence-corrected chi connectivity index (χ1v) is 9.96. The first kappa shape index (κ1) is 18.6. The second kappa shape index (κ2) is 7.59. The van der Waals surface area contributed by atoms with Gasteiger partial charge in [0.15, 0.2) is 0 Å². The third kappa shape index (κ3) is 3.96. The largest absolute Gasteiger partial charge is 0.495 e. The monoisotopic (exact) mass is 377 g/mol. The number of piperidine rings is 1. The van der Waals surface area contributed by atoms with Crippen LogP contribution in [0.3, 0.4) is 0 Å². The van der Waals surface area contributed by atoms with Gasteiger partial charge in [-0.3, -0.25) is 0 Å². The van der Waals surface area contributed by atoms with Crippen LogP contribution in [-0.4, -0.2) is 49.2 Å². The number of nitrogens with zero attached hydrogens (tertiary/aromatic N) is 3. The molecular weight excluding hydrogens is 354 g/mol. The van der Waals surface area contributed by atoms with E-state index >= 15 is 0 Å². The smallest absolute Gasteiger partial charge is 0.246 e. The summed E-state index contributed by atoms with van der Waals surface area (Å²) < 4.78 is 38.8. The van der Waals surface area contributed by atoms with Crippen molar-refractivity contribution in [3.8, 4) is 11.6 Å². The third-order valence-electron chi connectivity index (χ3n) is 4.34. The summed E-state index contributed by atoms with van der Waals surface area (Å²) in [7, 11) is -2.19. The predicted molar refractivity (Wildman–Crippen MR) is 96.9 cm³/mol. The van der Waals surface area contributed by atoms with Crippen LogP contribution in [0.1, 0.15) is 24.1 Å². The van der Waals surface area contributed by atoms with Crippen LogP contribution in [0.5, 0.6) is 11.6 Å². The maximum atomic E-state index is 13.1. The van der Waals surface area contributed by atoms with E-state index in [0.717, 1.165) is 24.1 Å². The Balaban J connectivity index is 1.80. The molecule has 7 nitrogen and oxygen atoms in total. The van der Waals surface area contributed by atoms with Crippen molar-refractivity contribution in [1.29, 1.82) is 0 Å². The minimum absolute atomic E-state index is 0.191. The van der Waals surface area contributed by atoms with E-state index in [0.29, 0.717) is 18.2 Å². The van der Waals surface area contributed by atoms with Crippen LogP contribution in [0.4, 0.5) is 0 Å².